The monoisotopic (exact) mass is 278 g/mol. The highest BCUT2D eigenvalue weighted by Crippen LogP contribution is 2.17. The topological polar surface area (TPSA) is 79.5 Å². The van der Waals surface area contributed by atoms with Gasteiger partial charge in [-0.05, 0) is 37.1 Å². The van der Waals surface area contributed by atoms with Gasteiger partial charge in [0.05, 0.1) is 0 Å². The van der Waals surface area contributed by atoms with Crippen molar-refractivity contribution in [2.75, 3.05) is 11.9 Å². The minimum atomic E-state index is -0.342. The lowest BCUT2D eigenvalue weighted by Gasteiger charge is -2.12. The molecule has 1 saturated carbocycles. The molecule has 20 heavy (non-hydrogen) atoms. The Morgan fingerprint density at radius 1 is 1.30 bits per heavy atom. The normalized spacial score (nSPS) is 16.1. The summed E-state index contributed by atoms with van der Waals surface area (Å²) in [4.78, 5) is 15.6. The number of carbonyl (C=O) groups excluding carboxylic acids is 1. The number of benzene rings is 1. The van der Waals surface area contributed by atoms with Gasteiger partial charge in [-0.15, -0.1) is 0 Å². The lowest BCUT2D eigenvalue weighted by atomic mass is 10.2. The third-order valence-corrected chi connectivity index (χ3v) is 3.23. The average molecular weight is 278 g/mol. The Bertz CT molecular complexity index is 480. The number of halogens is 1. The van der Waals surface area contributed by atoms with Crippen molar-refractivity contribution < 1.29 is 9.18 Å². The zero-order valence-electron chi connectivity index (χ0n) is 11.2. The summed E-state index contributed by atoms with van der Waals surface area (Å²) < 4.78 is 12.7. The molecular formula is C14H19FN4O. The van der Waals surface area contributed by atoms with Crippen LogP contribution in [0.25, 0.3) is 0 Å². The van der Waals surface area contributed by atoms with Gasteiger partial charge in [0.1, 0.15) is 12.4 Å². The van der Waals surface area contributed by atoms with Gasteiger partial charge in [-0.1, -0.05) is 12.8 Å². The van der Waals surface area contributed by atoms with E-state index in [0.717, 1.165) is 12.8 Å². The molecule has 1 aliphatic rings. The number of anilines is 1. The Balaban J connectivity index is 1.77. The molecule has 1 aromatic rings. The van der Waals surface area contributed by atoms with Crippen LogP contribution in [0, 0.1) is 5.82 Å². The minimum absolute atomic E-state index is 0.0526. The maximum atomic E-state index is 12.7. The average Bonchev–Trinajstić information content (AvgIpc) is 2.92. The number of hydrogen-bond donors (Lipinski definition) is 3. The summed E-state index contributed by atoms with van der Waals surface area (Å²) in [5.41, 5.74) is 6.26. The molecule has 6 heteroatoms. The van der Waals surface area contributed by atoms with Crippen LogP contribution in [0.4, 0.5) is 10.1 Å². The van der Waals surface area contributed by atoms with Crippen LogP contribution < -0.4 is 16.4 Å². The molecule has 1 aliphatic carbocycles. The van der Waals surface area contributed by atoms with Gasteiger partial charge in [-0.2, -0.15) is 0 Å². The van der Waals surface area contributed by atoms with E-state index < -0.39 is 0 Å². The van der Waals surface area contributed by atoms with Crippen LogP contribution in [0.2, 0.25) is 0 Å². The van der Waals surface area contributed by atoms with E-state index in [0.29, 0.717) is 17.7 Å². The predicted octanol–water partition coefficient (Wildman–Crippen LogP) is 1.61. The zero-order valence-corrected chi connectivity index (χ0v) is 11.2. The highest BCUT2D eigenvalue weighted by molar-refractivity contribution is 5.93. The van der Waals surface area contributed by atoms with Crippen molar-refractivity contribution in [3.05, 3.63) is 30.1 Å². The van der Waals surface area contributed by atoms with Crippen molar-refractivity contribution in [1.29, 1.82) is 0 Å². The van der Waals surface area contributed by atoms with Gasteiger partial charge in [0.25, 0.3) is 0 Å². The standard InChI is InChI=1S/C14H19FN4O/c15-10-5-7-12(8-6-10)18-13(20)9-17-14(16)19-11-3-1-2-4-11/h5-8,11H,1-4,9H2,(H,18,20)(H3,16,17,19). The van der Waals surface area contributed by atoms with Crippen molar-refractivity contribution in [2.45, 2.75) is 31.7 Å². The Morgan fingerprint density at radius 3 is 2.60 bits per heavy atom. The van der Waals surface area contributed by atoms with Gasteiger partial charge >= 0.3 is 0 Å². The van der Waals surface area contributed by atoms with E-state index in [1.54, 1.807) is 0 Å². The Labute approximate surface area is 117 Å². The van der Waals surface area contributed by atoms with Crippen LogP contribution in [-0.4, -0.2) is 24.5 Å². The highest BCUT2D eigenvalue weighted by Gasteiger charge is 2.14. The molecule has 1 aromatic carbocycles. The first kappa shape index (κ1) is 14.3. The summed E-state index contributed by atoms with van der Waals surface area (Å²) in [6.07, 6.45) is 4.60. The van der Waals surface area contributed by atoms with Gasteiger partial charge in [0.2, 0.25) is 5.91 Å². The van der Waals surface area contributed by atoms with Crippen molar-refractivity contribution in [2.24, 2.45) is 10.7 Å². The van der Waals surface area contributed by atoms with E-state index in [1.807, 2.05) is 0 Å². The van der Waals surface area contributed by atoms with E-state index in [1.165, 1.54) is 37.1 Å². The fourth-order valence-electron chi connectivity index (χ4n) is 2.22. The fourth-order valence-corrected chi connectivity index (χ4v) is 2.22. The summed E-state index contributed by atoms with van der Waals surface area (Å²) in [7, 11) is 0. The molecule has 1 amide bonds. The minimum Gasteiger partial charge on any atom is -0.370 e. The third-order valence-electron chi connectivity index (χ3n) is 3.23. The van der Waals surface area contributed by atoms with E-state index in [4.69, 9.17) is 5.73 Å². The summed E-state index contributed by atoms with van der Waals surface area (Å²) in [5.74, 6) is -0.329. The van der Waals surface area contributed by atoms with E-state index in [9.17, 15) is 9.18 Å². The fraction of sp³-hybridized carbons (Fsp3) is 0.429. The molecular weight excluding hydrogens is 259 g/mol. The Kier molecular flexibility index (Phi) is 4.92. The molecule has 0 aromatic heterocycles. The van der Waals surface area contributed by atoms with E-state index in [2.05, 4.69) is 15.6 Å². The molecule has 1 fully saturated rings. The molecule has 0 saturated heterocycles. The maximum Gasteiger partial charge on any atom is 0.246 e. The van der Waals surface area contributed by atoms with Crippen molar-refractivity contribution in [3.63, 3.8) is 0 Å². The predicted molar refractivity (Wildman–Crippen MR) is 76.9 cm³/mol. The Hall–Kier alpha value is -2.11. The second-order valence-electron chi connectivity index (χ2n) is 4.88. The second-order valence-corrected chi connectivity index (χ2v) is 4.88. The van der Waals surface area contributed by atoms with Gasteiger partial charge in [0, 0.05) is 11.7 Å². The SMILES string of the molecule is NC(=NCC(=O)Nc1ccc(F)cc1)NC1CCCC1. The maximum absolute atomic E-state index is 12.7. The lowest BCUT2D eigenvalue weighted by molar-refractivity contribution is -0.114. The van der Waals surface area contributed by atoms with Crippen LogP contribution in [-0.2, 0) is 4.79 Å². The van der Waals surface area contributed by atoms with Crippen LogP contribution in [0.15, 0.2) is 29.3 Å². The molecule has 5 nitrogen and oxygen atoms in total. The first-order valence-electron chi connectivity index (χ1n) is 6.75. The van der Waals surface area contributed by atoms with Gasteiger partial charge < -0.3 is 16.4 Å². The Morgan fingerprint density at radius 2 is 1.95 bits per heavy atom. The molecule has 0 bridgehead atoms. The van der Waals surface area contributed by atoms with Gasteiger partial charge in [-0.25, -0.2) is 9.38 Å². The molecule has 0 unspecified atom stereocenters. The number of carbonyl (C=O) groups is 1. The third kappa shape index (κ3) is 4.53. The first-order chi connectivity index (χ1) is 9.63. The molecule has 0 radical (unpaired) electrons. The number of aliphatic imine (C=N–C) groups is 1. The molecule has 0 spiro atoms. The smallest absolute Gasteiger partial charge is 0.246 e. The molecule has 2 rings (SSSR count). The van der Waals surface area contributed by atoms with Crippen LogP contribution in [0.1, 0.15) is 25.7 Å². The quantitative estimate of drug-likeness (QED) is 0.578. The summed E-state index contributed by atoms with van der Waals surface area (Å²) in [5, 5.41) is 5.73. The molecule has 0 atom stereocenters. The summed E-state index contributed by atoms with van der Waals surface area (Å²) in [6, 6.07) is 5.94. The van der Waals surface area contributed by atoms with Crippen LogP contribution >= 0.6 is 0 Å². The van der Waals surface area contributed by atoms with E-state index >= 15 is 0 Å². The van der Waals surface area contributed by atoms with Crippen molar-refractivity contribution >= 4 is 17.6 Å². The summed E-state index contributed by atoms with van der Waals surface area (Å²) in [6.45, 7) is -0.0526. The zero-order chi connectivity index (χ0) is 14.4. The number of nitrogens with two attached hydrogens (primary N) is 1. The number of rotatable bonds is 4. The number of guanidine groups is 1. The van der Waals surface area contributed by atoms with Crippen molar-refractivity contribution in [3.8, 4) is 0 Å². The largest absolute Gasteiger partial charge is 0.370 e. The molecule has 108 valence electrons. The van der Waals surface area contributed by atoms with Crippen LogP contribution in [0.3, 0.4) is 0 Å². The first-order valence-corrected chi connectivity index (χ1v) is 6.75. The van der Waals surface area contributed by atoms with E-state index in [-0.39, 0.29) is 18.3 Å². The van der Waals surface area contributed by atoms with Crippen LogP contribution in [0.5, 0.6) is 0 Å². The number of hydrogen-bond acceptors (Lipinski definition) is 2. The summed E-state index contributed by atoms with van der Waals surface area (Å²) >= 11 is 0. The second kappa shape index (κ2) is 6.88. The molecule has 4 N–H and O–H groups in total. The van der Waals surface area contributed by atoms with Gasteiger partial charge in [0.15, 0.2) is 5.96 Å². The van der Waals surface area contributed by atoms with Gasteiger partial charge in [-0.3, -0.25) is 4.79 Å². The number of nitrogens with zero attached hydrogens (tertiary/aromatic N) is 1. The molecule has 0 heterocycles. The number of nitrogens with one attached hydrogen (secondary N) is 2. The molecule has 0 aliphatic heterocycles. The number of amides is 1. The van der Waals surface area contributed by atoms with Crippen molar-refractivity contribution in [1.82, 2.24) is 5.32 Å². The highest BCUT2D eigenvalue weighted by atomic mass is 19.1. The lowest BCUT2D eigenvalue weighted by Crippen LogP contribution is -2.39.